The summed E-state index contributed by atoms with van der Waals surface area (Å²) in [6, 6.07) is 8.29. The molecule has 2 rings (SSSR count). The molecule has 0 aliphatic carbocycles. The number of nitrogens with zero attached hydrogens (tertiary/aromatic N) is 2. The summed E-state index contributed by atoms with van der Waals surface area (Å²) in [5.74, 6) is -0.745. The van der Waals surface area contributed by atoms with E-state index in [1.165, 1.54) is 31.6 Å². The summed E-state index contributed by atoms with van der Waals surface area (Å²) in [7, 11) is -2.60. The molecule has 0 aliphatic rings. The second kappa shape index (κ2) is 9.29. The SMILES string of the molecule is Cc1ccc(OCC(=O)NNC(=O)CN(C)S(=O)(=O)c2cccnc2)cc1C. The minimum atomic E-state index is -3.85. The number of amides is 2. The van der Waals surface area contributed by atoms with Crippen LogP contribution in [0, 0.1) is 13.8 Å². The molecule has 0 radical (unpaired) electrons. The molecule has 9 nitrogen and oxygen atoms in total. The van der Waals surface area contributed by atoms with Gasteiger partial charge in [-0.3, -0.25) is 25.4 Å². The summed E-state index contributed by atoms with van der Waals surface area (Å²) in [5, 5.41) is 0. The van der Waals surface area contributed by atoms with Gasteiger partial charge in [-0.1, -0.05) is 6.07 Å². The molecule has 1 heterocycles. The third-order valence-electron chi connectivity index (χ3n) is 3.90. The third kappa shape index (κ3) is 5.76. The number of likely N-dealkylation sites (N-methyl/N-ethyl adjacent to an activating group) is 1. The predicted octanol–water partition coefficient (Wildman–Crippen LogP) is 0.545. The lowest BCUT2D eigenvalue weighted by molar-refractivity contribution is -0.130. The van der Waals surface area contributed by atoms with E-state index in [9.17, 15) is 18.0 Å². The van der Waals surface area contributed by atoms with Crippen molar-refractivity contribution >= 4 is 21.8 Å². The molecule has 150 valence electrons. The number of pyridine rings is 1. The number of carbonyl (C=O) groups is 2. The first-order valence-corrected chi connectivity index (χ1v) is 9.78. The van der Waals surface area contributed by atoms with E-state index in [1.54, 1.807) is 12.1 Å². The summed E-state index contributed by atoms with van der Waals surface area (Å²) in [6.45, 7) is 3.12. The monoisotopic (exact) mass is 406 g/mol. The highest BCUT2D eigenvalue weighted by Gasteiger charge is 2.23. The maximum atomic E-state index is 12.3. The van der Waals surface area contributed by atoms with Crippen molar-refractivity contribution in [3.63, 3.8) is 0 Å². The van der Waals surface area contributed by atoms with Gasteiger partial charge in [-0.15, -0.1) is 0 Å². The van der Waals surface area contributed by atoms with Gasteiger partial charge in [-0.25, -0.2) is 8.42 Å². The number of sulfonamides is 1. The second-order valence-electron chi connectivity index (χ2n) is 6.08. The predicted molar refractivity (Wildman–Crippen MR) is 102 cm³/mol. The number of aryl methyl sites for hydroxylation is 2. The molecule has 2 N–H and O–H groups in total. The van der Waals surface area contributed by atoms with Crippen molar-refractivity contribution < 1.29 is 22.7 Å². The molecule has 0 atom stereocenters. The van der Waals surface area contributed by atoms with Crippen molar-refractivity contribution in [1.82, 2.24) is 20.1 Å². The zero-order valence-corrected chi connectivity index (χ0v) is 16.6. The molecule has 0 fully saturated rings. The zero-order chi connectivity index (χ0) is 20.7. The molecule has 1 aromatic carbocycles. The van der Waals surface area contributed by atoms with Gasteiger partial charge in [0.1, 0.15) is 10.6 Å². The Bertz CT molecular complexity index is 948. The number of carbonyl (C=O) groups excluding carboxylic acids is 2. The zero-order valence-electron chi connectivity index (χ0n) is 15.8. The molecular formula is C18H22N4O5S. The lowest BCUT2D eigenvalue weighted by atomic mass is 10.1. The van der Waals surface area contributed by atoms with Gasteiger partial charge in [0.2, 0.25) is 10.0 Å². The normalized spacial score (nSPS) is 11.1. The first-order valence-electron chi connectivity index (χ1n) is 8.34. The number of hydrazine groups is 1. The fourth-order valence-electron chi connectivity index (χ4n) is 2.13. The molecule has 0 unspecified atom stereocenters. The molecular weight excluding hydrogens is 384 g/mol. The average molecular weight is 406 g/mol. The lowest BCUT2D eigenvalue weighted by Crippen LogP contribution is -2.48. The standard InChI is InChI=1S/C18H22N4O5S/c1-13-6-7-15(9-14(13)2)27-12-18(24)21-20-17(23)11-22(3)28(25,26)16-5-4-8-19-10-16/h4-10H,11-12H2,1-3H3,(H,20,23)(H,21,24). The van der Waals surface area contributed by atoms with Gasteiger partial charge >= 0.3 is 0 Å². The average Bonchev–Trinajstić information content (AvgIpc) is 2.67. The smallest absolute Gasteiger partial charge is 0.276 e. The topological polar surface area (TPSA) is 118 Å². The van der Waals surface area contributed by atoms with Crippen LogP contribution in [0.25, 0.3) is 0 Å². The molecule has 10 heteroatoms. The Morgan fingerprint density at radius 1 is 1.11 bits per heavy atom. The Hall–Kier alpha value is -2.98. The minimum absolute atomic E-state index is 0.0314. The van der Waals surface area contributed by atoms with Crippen molar-refractivity contribution in [3.05, 3.63) is 53.9 Å². The first-order chi connectivity index (χ1) is 13.2. The molecule has 0 spiro atoms. The summed E-state index contributed by atoms with van der Waals surface area (Å²) < 4.78 is 30.8. The number of benzene rings is 1. The highest BCUT2D eigenvalue weighted by Crippen LogP contribution is 2.16. The molecule has 2 amide bonds. The van der Waals surface area contributed by atoms with Crippen LogP contribution in [0.2, 0.25) is 0 Å². The lowest BCUT2D eigenvalue weighted by Gasteiger charge is -2.16. The van der Waals surface area contributed by atoms with Gasteiger partial charge in [0.15, 0.2) is 6.61 Å². The highest BCUT2D eigenvalue weighted by molar-refractivity contribution is 7.89. The van der Waals surface area contributed by atoms with Crippen LogP contribution in [-0.2, 0) is 19.6 Å². The van der Waals surface area contributed by atoms with Crippen molar-refractivity contribution in [2.45, 2.75) is 18.7 Å². The number of rotatable bonds is 7. The van der Waals surface area contributed by atoms with E-state index in [0.717, 1.165) is 15.4 Å². The number of nitrogens with one attached hydrogen (secondary N) is 2. The maximum Gasteiger partial charge on any atom is 0.276 e. The molecule has 0 bridgehead atoms. The van der Waals surface area contributed by atoms with Crippen LogP contribution in [0.1, 0.15) is 11.1 Å². The highest BCUT2D eigenvalue weighted by atomic mass is 32.2. The Kier molecular flexibility index (Phi) is 7.07. The Balaban J connectivity index is 1.79. The van der Waals surface area contributed by atoms with Crippen LogP contribution >= 0.6 is 0 Å². The summed E-state index contributed by atoms with van der Waals surface area (Å²) in [6.07, 6.45) is 2.64. The Morgan fingerprint density at radius 2 is 1.82 bits per heavy atom. The van der Waals surface area contributed by atoms with Crippen molar-refractivity contribution in [3.8, 4) is 5.75 Å². The summed E-state index contributed by atoms with van der Waals surface area (Å²) in [5.41, 5.74) is 6.47. The van der Waals surface area contributed by atoms with E-state index in [-0.39, 0.29) is 11.5 Å². The number of hydrogen-bond acceptors (Lipinski definition) is 6. The van der Waals surface area contributed by atoms with E-state index in [1.807, 2.05) is 19.9 Å². The maximum absolute atomic E-state index is 12.3. The molecule has 0 aliphatic heterocycles. The van der Waals surface area contributed by atoms with Gasteiger partial charge in [-0.2, -0.15) is 4.31 Å². The van der Waals surface area contributed by atoms with Crippen molar-refractivity contribution in [2.24, 2.45) is 0 Å². The van der Waals surface area contributed by atoms with Gasteiger partial charge in [0.25, 0.3) is 11.8 Å². The third-order valence-corrected chi connectivity index (χ3v) is 5.69. The quantitative estimate of drug-likeness (QED) is 0.648. The van der Waals surface area contributed by atoms with Gasteiger partial charge in [0, 0.05) is 19.4 Å². The number of ether oxygens (including phenoxy) is 1. The van der Waals surface area contributed by atoms with Crippen LogP contribution in [0.5, 0.6) is 5.75 Å². The second-order valence-corrected chi connectivity index (χ2v) is 8.13. The van der Waals surface area contributed by atoms with E-state index in [2.05, 4.69) is 15.8 Å². The van der Waals surface area contributed by atoms with Gasteiger partial charge in [0.05, 0.1) is 6.54 Å². The van der Waals surface area contributed by atoms with Gasteiger partial charge in [-0.05, 0) is 49.2 Å². The molecule has 0 saturated carbocycles. The van der Waals surface area contributed by atoms with Crippen LogP contribution in [-0.4, -0.2) is 49.7 Å². The first kappa shape index (κ1) is 21.3. The van der Waals surface area contributed by atoms with Crippen LogP contribution < -0.4 is 15.6 Å². The van der Waals surface area contributed by atoms with E-state index < -0.39 is 28.4 Å². The number of aromatic nitrogens is 1. The van der Waals surface area contributed by atoms with Crippen molar-refractivity contribution in [1.29, 1.82) is 0 Å². The summed E-state index contributed by atoms with van der Waals surface area (Å²) in [4.78, 5) is 27.4. The summed E-state index contributed by atoms with van der Waals surface area (Å²) >= 11 is 0. The Labute approximate surface area is 163 Å². The largest absolute Gasteiger partial charge is 0.484 e. The Morgan fingerprint density at radius 3 is 2.46 bits per heavy atom. The fourth-order valence-corrected chi connectivity index (χ4v) is 3.23. The minimum Gasteiger partial charge on any atom is -0.484 e. The van der Waals surface area contributed by atoms with Crippen LogP contribution in [0.15, 0.2) is 47.6 Å². The molecule has 2 aromatic rings. The molecule has 1 aromatic heterocycles. The van der Waals surface area contributed by atoms with Crippen LogP contribution in [0.3, 0.4) is 0 Å². The number of hydrogen-bond donors (Lipinski definition) is 2. The molecule has 0 saturated heterocycles. The van der Waals surface area contributed by atoms with E-state index in [0.29, 0.717) is 5.75 Å². The van der Waals surface area contributed by atoms with Crippen LogP contribution in [0.4, 0.5) is 0 Å². The van der Waals surface area contributed by atoms with E-state index in [4.69, 9.17) is 4.74 Å². The van der Waals surface area contributed by atoms with Crippen molar-refractivity contribution in [2.75, 3.05) is 20.2 Å². The van der Waals surface area contributed by atoms with E-state index >= 15 is 0 Å². The fraction of sp³-hybridized carbons (Fsp3) is 0.278. The molecule has 28 heavy (non-hydrogen) atoms. The van der Waals surface area contributed by atoms with Gasteiger partial charge < -0.3 is 4.74 Å².